The predicted octanol–water partition coefficient (Wildman–Crippen LogP) is 4.77. The highest BCUT2D eigenvalue weighted by molar-refractivity contribution is 7.99. The Bertz CT molecular complexity index is 757. The van der Waals surface area contributed by atoms with Gasteiger partial charge in [0, 0.05) is 22.3 Å². The van der Waals surface area contributed by atoms with Crippen LogP contribution in [0.2, 0.25) is 0 Å². The van der Waals surface area contributed by atoms with E-state index in [2.05, 4.69) is 30.3 Å². The largest absolute Gasteiger partial charge is 0.329 e. The summed E-state index contributed by atoms with van der Waals surface area (Å²) in [7, 11) is 0. The first-order valence-corrected chi connectivity index (χ1v) is 7.76. The highest BCUT2D eigenvalue weighted by atomic mass is 32.2. The first-order valence-electron chi connectivity index (χ1n) is 6.88. The molecule has 0 spiro atoms. The molecular formula is C18H16FNS. The van der Waals surface area contributed by atoms with Gasteiger partial charge in [0.1, 0.15) is 5.82 Å². The molecule has 1 unspecified atom stereocenters. The maximum Gasteiger partial charge on any atom is 0.127 e. The minimum Gasteiger partial charge on any atom is -0.329 e. The molecule has 3 rings (SSSR count). The van der Waals surface area contributed by atoms with Crippen LogP contribution in [0.15, 0.2) is 71.6 Å². The van der Waals surface area contributed by atoms with Crippen molar-refractivity contribution in [3.63, 3.8) is 0 Å². The van der Waals surface area contributed by atoms with Gasteiger partial charge in [0.05, 0.1) is 0 Å². The molecule has 0 heterocycles. The maximum atomic E-state index is 13.9. The molecule has 2 N–H and O–H groups in total. The molecule has 1 atom stereocenters. The van der Waals surface area contributed by atoms with Crippen molar-refractivity contribution in [2.45, 2.75) is 10.1 Å². The number of hydrogen-bond donors (Lipinski definition) is 1. The number of benzene rings is 3. The van der Waals surface area contributed by atoms with Gasteiger partial charge in [-0.15, -0.1) is 11.8 Å². The van der Waals surface area contributed by atoms with Crippen LogP contribution in [0.4, 0.5) is 4.39 Å². The van der Waals surface area contributed by atoms with Crippen molar-refractivity contribution >= 4 is 22.5 Å². The minimum absolute atomic E-state index is 0.0765. The second-order valence-electron chi connectivity index (χ2n) is 4.87. The first kappa shape index (κ1) is 14.1. The van der Waals surface area contributed by atoms with E-state index in [4.69, 9.17) is 5.73 Å². The molecule has 0 fully saturated rings. The predicted molar refractivity (Wildman–Crippen MR) is 88.0 cm³/mol. The molecule has 0 aliphatic carbocycles. The molecule has 0 aromatic heterocycles. The molecule has 106 valence electrons. The van der Waals surface area contributed by atoms with Gasteiger partial charge < -0.3 is 5.73 Å². The van der Waals surface area contributed by atoms with E-state index in [1.54, 1.807) is 23.9 Å². The molecule has 21 heavy (non-hydrogen) atoms. The van der Waals surface area contributed by atoms with E-state index in [0.717, 1.165) is 4.90 Å². The summed E-state index contributed by atoms with van der Waals surface area (Å²) >= 11 is 1.61. The van der Waals surface area contributed by atoms with Crippen LogP contribution in [0.5, 0.6) is 0 Å². The second-order valence-corrected chi connectivity index (χ2v) is 6.15. The summed E-state index contributed by atoms with van der Waals surface area (Å²) < 4.78 is 13.9. The Kier molecular flexibility index (Phi) is 4.23. The Morgan fingerprint density at radius 1 is 0.905 bits per heavy atom. The quantitative estimate of drug-likeness (QED) is 0.702. The van der Waals surface area contributed by atoms with Crippen molar-refractivity contribution in [2.75, 3.05) is 6.54 Å². The number of nitrogens with two attached hydrogens (primary N) is 1. The van der Waals surface area contributed by atoms with Crippen LogP contribution in [0.1, 0.15) is 10.8 Å². The molecule has 0 radical (unpaired) electrons. The van der Waals surface area contributed by atoms with Crippen molar-refractivity contribution in [1.29, 1.82) is 0 Å². The van der Waals surface area contributed by atoms with Crippen molar-refractivity contribution < 1.29 is 4.39 Å². The lowest BCUT2D eigenvalue weighted by Gasteiger charge is -2.16. The lowest BCUT2D eigenvalue weighted by molar-refractivity contribution is 0.608. The zero-order valence-electron chi connectivity index (χ0n) is 11.5. The standard InChI is InChI=1S/C18H16FNS/c19-17-8-4-3-7-16(17)18(12-20)21-15-10-9-13-5-1-2-6-14(13)11-15/h1-11,18H,12,20H2. The summed E-state index contributed by atoms with van der Waals surface area (Å²) in [5.74, 6) is -0.193. The molecule has 0 saturated carbocycles. The summed E-state index contributed by atoms with van der Waals surface area (Å²) in [5.41, 5.74) is 6.51. The third kappa shape index (κ3) is 3.09. The van der Waals surface area contributed by atoms with Gasteiger partial charge in [0.25, 0.3) is 0 Å². The Balaban J connectivity index is 1.90. The van der Waals surface area contributed by atoms with Gasteiger partial charge in [-0.05, 0) is 29.0 Å². The fourth-order valence-corrected chi connectivity index (χ4v) is 3.46. The number of halogens is 1. The summed E-state index contributed by atoms with van der Waals surface area (Å²) in [6, 6.07) is 21.3. The Hall–Kier alpha value is -1.84. The van der Waals surface area contributed by atoms with E-state index in [1.165, 1.54) is 16.8 Å². The molecule has 0 bridgehead atoms. The van der Waals surface area contributed by atoms with Gasteiger partial charge in [-0.2, -0.15) is 0 Å². The van der Waals surface area contributed by atoms with Crippen LogP contribution in [-0.4, -0.2) is 6.54 Å². The van der Waals surface area contributed by atoms with E-state index in [9.17, 15) is 4.39 Å². The van der Waals surface area contributed by atoms with E-state index in [0.29, 0.717) is 12.1 Å². The number of hydrogen-bond acceptors (Lipinski definition) is 2. The van der Waals surface area contributed by atoms with Gasteiger partial charge in [0.15, 0.2) is 0 Å². The molecule has 3 aromatic rings. The summed E-state index contributed by atoms with van der Waals surface area (Å²) in [4.78, 5) is 1.10. The normalized spacial score (nSPS) is 12.5. The number of rotatable bonds is 4. The van der Waals surface area contributed by atoms with Gasteiger partial charge in [0.2, 0.25) is 0 Å². The average Bonchev–Trinajstić information content (AvgIpc) is 2.53. The SMILES string of the molecule is NCC(Sc1ccc2ccccc2c1)c1ccccc1F. The van der Waals surface area contributed by atoms with Crippen LogP contribution in [-0.2, 0) is 0 Å². The first-order chi connectivity index (χ1) is 10.3. The van der Waals surface area contributed by atoms with Gasteiger partial charge in [-0.25, -0.2) is 4.39 Å². The van der Waals surface area contributed by atoms with Crippen LogP contribution in [0.25, 0.3) is 10.8 Å². The lowest BCUT2D eigenvalue weighted by atomic mass is 10.1. The maximum absolute atomic E-state index is 13.9. The van der Waals surface area contributed by atoms with Crippen LogP contribution in [0, 0.1) is 5.82 Å². The molecule has 0 aliphatic heterocycles. The molecule has 0 aliphatic rings. The van der Waals surface area contributed by atoms with Gasteiger partial charge in [-0.3, -0.25) is 0 Å². The van der Waals surface area contributed by atoms with Gasteiger partial charge >= 0.3 is 0 Å². The van der Waals surface area contributed by atoms with E-state index >= 15 is 0 Å². The van der Waals surface area contributed by atoms with E-state index < -0.39 is 0 Å². The summed E-state index contributed by atoms with van der Waals surface area (Å²) in [6.07, 6.45) is 0. The fourth-order valence-electron chi connectivity index (χ4n) is 2.38. The molecule has 1 nitrogen and oxygen atoms in total. The third-order valence-corrected chi connectivity index (χ3v) is 4.72. The van der Waals surface area contributed by atoms with Crippen molar-refractivity contribution in [1.82, 2.24) is 0 Å². The highest BCUT2D eigenvalue weighted by Crippen LogP contribution is 2.36. The van der Waals surface area contributed by atoms with Crippen molar-refractivity contribution in [3.05, 3.63) is 78.1 Å². The molecule has 0 saturated heterocycles. The van der Waals surface area contributed by atoms with Crippen LogP contribution < -0.4 is 5.73 Å². The average molecular weight is 297 g/mol. The summed E-state index contributed by atoms with van der Waals surface area (Å²) in [5, 5.41) is 2.32. The minimum atomic E-state index is -0.193. The van der Waals surface area contributed by atoms with Crippen molar-refractivity contribution in [3.8, 4) is 0 Å². The van der Waals surface area contributed by atoms with E-state index in [-0.39, 0.29) is 11.1 Å². The third-order valence-electron chi connectivity index (χ3n) is 3.47. The fraction of sp³-hybridized carbons (Fsp3) is 0.111. The number of thioether (sulfide) groups is 1. The number of fused-ring (bicyclic) bond motifs is 1. The monoisotopic (exact) mass is 297 g/mol. The molecule has 3 aromatic carbocycles. The van der Waals surface area contributed by atoms with Crippen LogP contribution in [0.3, 0.4) is 0 Å². The Morgan fingerprint density at radius 2 is 1.62 bits per heavy atom. The smallest absolute Gasteiger partial charge is 0.127 e. The molecular weight excluding hydrogens is 281 g/mol. The highest BCUT2D eigenvalue weighted by Gasteiger charge is 2.15. The Morgan fingerprint density at radius 3 is 2.38 bits per heavy atom. The van der Waals surface area contributed by atoms with Crippen molar-refractivity contribution in [2.24, 2.45) is 5.73 Å². The van der Waals surface area contributed by atoms with E-state index in [1.807, 2.05) is 18.2 Å². The topological polar surface area (TPSA) is 26.0 Å². The van der Waals surface area contributed by atoms with Gasteiger partial charge in [-0.1, -0.05) is 48.5 Å². The van der Waals surface area contributed by atoms with Crippen LogP contribution >= 0.6 is 11.8 Å². The molecule has 0 amide bonds. The zero-order chi connectivity index (χ0) is 14.7. The lowest BCUT2D eigenvalue weighted by Crippen LogP contribution is -2.10. The summed E-state index contributed by atoms with van der Waals surface area (Å²) in [6.45, 7) is 0.401. The molecule has 3 heteroatoms. The Labute approximate surface area is 128 Å². The second kappa shape index (κ2) is 6.29. The zero-order valence-corrected chi connectivity index (χ0v) is 12.3.